The second kappa shape index (κ2) is 10.3. The van der Waals surface area contributed by atoms with Crippen LogP contribution in [0, 0.1) is 5.92 Å². The predicted octanol–water partition coefficient (Wildman–Crippen LogP) is 2.47. The van der Waals surface area contributed by atoms with Gasteiger partial charge in [-0.15, -0.1) is 0 Å². The maximum atomic E-state index is 11.8. The summed E-state index contributed by atoms with van der Waals surface area (Å²) in [6.45, 7) is 5.41. The second-order valence-corrected chi connectivity index (χ2v) is 6.62. The van der Waals surface area contributed by atoms with Gasteiger partial charge in [0.1, 0.15) is 0 Å². The summed E-state index contributed by atoms with van der Waals surface area (Å²) in [6, 6.07) is 6.08. The molecule has 0 aromatic heterocycles. The maximum absolute atomic E-state index is 11.8. The van der Waals surface area contributed by atoms with Crippen LogP contribution in [0.5, 0.6) is 11.5 Å². The van der Waals surface area contributed by atoms with Crippen molar-refractivity contribution in [3.63, 3.8) is 0 Å². The zero-order chi connectivity index (χ0) is 18.1. The summed E-state index contributed by atoms with van der Waals surface area (Å²) in [6.07, 6.45) is 5.31. The minimum Gasteiger partial charge on any atom is -0.493 e. The average molecular weight is 349 g/mol. The van der Waals surface area contributed by atoms with Gasteiger partial charge in [0.15, 0.2) is 11.5 Å². The number of hydrogen-bond acceptors (Lipinski definition) is 5. The molecule has 2 rings (SSSR count). The third-order valence-corrected chi connectivity index (χ3v) is 4.66. The van der Waals surface area contributed by atoms with Crippen molar-refractivity contribution in [1.29, 1.82) is 0 Å². The molecule has 1 atom stereocenters. The Hall–Kier alpha value is -1.79. The smallest absolute Gasteiger partial charge is 0.238 e. The zero-order valence-electron chi connectivity index (χ0n) is 15.4. The van der Waals surface area contributed by atoms with Crippen molar-refractivity contribution in [3.8, 4) is 11.5 Å². The van der Waals surface area contributed by atoms with E-state index in [0.717, 1.165) is 56.0 Å². The first-order valence-electron chi connectivity index (χ1n) is 9.20. The van der Waals surface area contributed by atoms with Crippen LogP contribution in [0.3, 0.4) is 0 Å². The number of hydrogen-bond donors (Lipinski definition) is 2. The highest BCUT2D eigenvalue weighted by atomic mass is 16.5. The third-order valence-electron chi connectivity index (χ3n) is 4.66. The van der Waals surface area contributed by atoms with Crippen LogP contribution in [0.25, 0.3) is 0 Å². The molecule has 6 nitrogen and oxygen atoms in total. The van der Waals surface area contributed by atoms with Crippen molar-refractivity contribution in [2.75, 3.05) is 26.8 Å². The van der Waals surface area contributed by atoms with E-state index >= 15 is 0 Å². The molecule has 0 bridgehead atoms. The Morgan fingerprint density at radius 1 is 1.36 bits per heavy atom. The number of unbranched alkanes of at least 4 members (excludes halogenated alkanes) is 2. The van der Waals surface area contributed by atoms with Crippen LogP contribution in [0.4, 0.5) is 0 Å². The monoisotopic (exact) mass is 349 g/mol. The highest BCUT2D eigenvalue weighted by Gasteiger charge is 2.25. The number of amides is 1. The fourth-order valence-corrected chi connectivity index (χ4v) is 3.25. The summed E-state index contributed by atoms with van der Waals surface area (Å²) in [5, 5.41) is 0. The number of hydrazine groups is 1. The van der Waals surface area contributed by atoms with Crippen molar-refractivity contribution in [1.82, 2.24) is 10.3 Å². The Morgan fingerprint density at radius 2 is 2.20 bits per heavy atom. The Morgan fingerprint density at radius 3 is 2.92 bits per heavy atom. The molecule has 140 valence electrons. The van der Waals surface area contributed by atoms with E-state index in [9.17, 15) is 4.79 Å². The first-order chi connectivity index (χ1) is 12.2. The number of methoxy groups -OCH3 is 1. The molecule has 1 aliphatic rings. The van der Waals surface area contributed by atoms with E-state index in [4.69, 9.17) is 15.3 Å². The van der Waals surface area contributed by atoms with Crippen molar-refractivity contribution in [3.05, 3.63) is 23.8 Å². The van der Waals surface area contributed by atoms with Crippen LogP contribution >= 0.6 is 0 Å². The van der Waals surface area contributed by atoms with Gasteiger partial charge >= 0.3 is 0 Å². The quantitative estimate of drug-likeness (QED) is 0.310. The minimum atomic E-state index is -0.0712. The van der Waals surface area contributed by atoms with Crippen molar-refractivity contribution in [2.45, 2.75) is 45.6 Å². The summed E-state index contributed by atoms with van der Waals surface area (Å²) < 4.78 is 11.3. The molecule has 1 unspecified atom stereocenters. The number of carbonyl (C=O) groups is 1. The summed E-state index contributed by atoms with van der Waals surface area (Å²) >= 11 is 0. The number of nitrogens with zero attached hydrogens (tertiary/aromatic N) is 1. The summed E-state index contributed by atoms with van der Waals surface area (Å²) in [7, 11) is 1.67. The molecule has 1 amide bonds. The fraction of sp³-hybridized carbons (Fsp3) is 0.632. The van der Waals surface area contributed by atoms with Crippen molar-refractivity contribution >= 4 is 5.91 Å². The molecule has 0 spiro atoms. The molecule has 1 aromatic rings. The van der Waals surface area contributed by atoms with Crippen molar-refractivity contribution in [2.24, 2.45) is 11.8 Å². The molecule has 1 saturated heterocycles. The van der Waals surface area contributed by atoms with Gasteiger partial charge < -0.3 is 9.47 Å². The zero-order valence-corrected chi connectivity index (χ0v) is 15.4. The fourth-order valence-electron chi connectivity index (χ4n) is 3.25. The Bertz CT molecular complexity index is 551. The predicted molar refractivity (Wildman–Crippen MR) is 98.3 cm³/mol. The lowest BCUT2D eigenvalue weighted by molar-refractivity contribution is -0.126. The molecule has 1 fully saturated rings. The lowest BCUT2D eigenvalue weighted by Gasteiger charge is -2.31. The number of carbonyl (C=O) groups excluding carboxylic acids is 1. The molecule has 0 aliphatic carbocycles. The van der Waals surface area contributed by atoms with Gasteiger partial charge in [-0.05, 0) is 43.5 Å². The van der Waals surface area contributed by atoms with Gasteiger partial charge in [-0.3, -0.25) is 15.1 Å². The molecule has 6 heteroatoms. The average Bonchev–Trinajstić information content (AvgIpc) is 2.65. The first-order valence-corrected chi connectivity index (χ1v) is 9.20. The summed E-state index contributed by atoms with van der Waals surface area (Å²) in [5.74, 6) is 6.73. The van der Waals surface area contributed by atoms with E-state index < -0.39 is 0 Å². The van der Waals surface area contributed by atoms with Gasteiger partial charge in [0.25, 0.3) is 0 Å². The SMILES string of the molecule is CCCCCOc1ccc(CN2CCCC(C(=O)NN)C2)cc1OC. The van der Waals surface area contributed by atoms with E-state index in [-0.39, 0.29) is 11.8 Å². The number of piperidine rings is 1. The molecule has 1 heterocycles. The van der Waals surface area contributed by atoms with E-state index in [2.05, 4.69) is 23.3 Å². The topological polar surface area (TPSA) is 76.8 Å². The molecule has 1 aliphatic heterocycles. The van der Waals surface area contributed by atoms with E-state index in [1.54, 1.807) is 7.11 Å². The molecule has 3 N–H and O–H groups in total. The van der Waals surface area contributed by atoms with E-state index in [1.807, 2.05) is 12.1 Å². The highest BCUT2D eigenvalue weighted by Crippen LogP contribution is 2.29. The maximum Gasteiger partial charge on any atom is 0.238 e. The molecule has 0 radical (unpaired) electrons. The number of nitrogens with one attached hydrogen (secondary N) is 1. The van der Waals surface area contributed by atoms with Crippen LogP contribution in [-0.2, 0) is 11.3 Å². The number of likely N-dealkylation sites (tertiary alicyclic amines) is 1. The Balaban J connectivity index is 1.94. The Kier molecular flexibility index (Phi) is 8.01. The number of benzene rings is 1. The van der Waals surface area contributed by atoms with Crippen LogP contribution in [0.1, 0.15) is 44.6 Å². The number of rotatable bonds is 9. The largest absolute Gasteiger partial charge is 0.493 e. The second-order valence-electron chi connectivity index (χ2n) is 6.62. The van der Waals surface area contributed by atoms with Crippen LogP contribution in [0.2, 0.25) is 0 Å². The van der Waals surface area contributed by atoms with Crippen LogP contribution in [0.15, 0.2) is 18.2 Å². The normalized spacial score (nSPS) is 18.0. The lowest BCUT2D eigenvalue weighted by Crippen LogP contribution is -2.44. The highest BCUT2D eigenvalue weighted by molar-refractivity contribution is 5.78. The van der Waals surface area contributed by atoms with Gasteiger partial charge in [-0.25, -0.2) is 5.84 Å². The molecule has 1 aromatic carbocycles. The van der Waals surface area contributed by atoms with Crippen molar-refractivity contribution < 1.29 is 14.3 Å². The van der Waals surface area contributed by atoms with Gasteiger partial charge in [0.05, 0.1) is 19.6 Å². The Labute approximate surface area is 150 Å². The van der Waals surface area contributed by atoms with Crippen LogP contribution in [-0.4, -0.2) is 37.6 Å². The number of ether oxygens (including phenoxy) is 2. The van der Waals surface area contributed by atoms with Gasteiger partial charge in [-0.1, -0.05) is 25.8 Å². The third kappa shape index (κ3) is 5.90. The molecule has 25 heavy (non-hydrogen) atoms. The minimum absolute atomic E-state index is 0.0261. The number of nitrogens with two attached hydrogens (primary N) is 1. The first kappa shape index (κ1) is 19.5. The molecular weight excluding hydrogens is 318 g/mol. The lowest BCUT2D eigenvalue weighted by atomic mass is 9.97. The molecular formula is C19H31N3O3. The molecule has 0 saturated carbocycles. The van der Waals surface area contributed by atoms with E-state index in [1.165, 1.54) is 12.8 Å². The van der Waals surface area contributed by atoms with Gasteiger partial charge in [-0.2, -0.15) is 0 Å². The van der Waals surface area contributed by atoms with Gasteiger partial charge in [0, 0.05) is 13.1 Å². The summed E-state index contributed by atoms with van der Waals surface area (Å²) in [4.78, 5) is 14.0. The van der Waals surface area contributed by atoms with E-state index in [0.29, 0.717) is 6.61 Å². The summed E-state index contributed by atoms with van der Waals surface area (Å²) in [5.41, 5.74) is 3.43. The standard InChI is InChI=1S/C19H31N3O3/c1-3-4-5-11-25-17-9-8-15(12-18(17)24-2)13-22-10-6-7-16(14-22)19(23)21-20/h8-9,12,16H,3-7,10-11,13-14,20H2,1-2H3,(H,21,23). The van der Waals surface area contributed by atoms with Gasteiger partial charge in [0.2, 0.25) is 5.91 Å². The van der Waals surface area contributed by atoms with Crippen LogP contribution < -0.4 is 20.7 Å².